The molecule has 174 valence electrons. The topological polar surface area (TPSA) is 83.0 Å². The highest BCUT2D eigenvalue weighted by molar-refractivity contribution is 14.0. The molecule has 1 aliphatic carbocycles. The maximum atomic E-state index is 12.5. The molecule has 1 saturated carbocycles. The predicted octanol–water partition coefficient (Wildman–Crippen LogP) is 3.53. The summed E-state index contributed by atoms with van der Waals surface area (Å²) in [6, 6.07) is 3.39. The molecule has 0 aliphatic heterocycles. The van der Waals surface area contributed by atoms with Crippen LogP contribution in [0.3, 0.4) is 0 Å². The van der Waals surface area contributed by atoms with Crippen molar-refractivity contribution in [3.8, 4) is 0 Å². The van der Waals surface area contributed by atoms with E-state index in [4.69, 9.17) is 9.73 Å². The molecule has 0 atom stereocenters. The number of aliphatic imine (C=N–C) groups is 1. The van der Waals surface area contributed by atoms with Gasteiger partial charge in [0.2, 0.25) is 0 Å². The van der Waals surface area contributed by atoms with Crippen molar-refractivity contribution in [3.63, 3.8) is 0 Å². The number of thiophene rings is 1. The molecule has 0 amide bonds. The summed E-state index contributed by atoms with van der Waals surface area (Å²) in [5.74, 6) is 0.747. The van der Waals surface area contributed by atoms with E-state index in [1.165, 1.54) is 41.3 Å². The number of likely N-dealkylation sites (N-methyl/N-ethyl adjacent to an activating group) is 1. The van der Waals surface area contributed by atoms with Gasteiger partial charge < -0.3 is 15.4 Å². The van der Waals surface area contributed by atoms with E-state index in [0.29, 0.717) is 17.3 Å². The van der Waals surface area contributed by atoms with Crippen molar-refractivity contribution < 1.29 is 13.2 Å². The minimum absolute atomic E-state index is 0. The third kappa shape index (κ3) is 8.25. The van der Waals surface area contributed by atoms with Crippen molar-refractivity contribution in [2.75, 3.05) is 46.4 Å². The molecule has 1 aromatic heterocycles. The summed E-state index contributed by atoms with van der Waals surface area (Å²) in [6.07, 6.45) is 5.97. The summed E-state index contributed by atoms with van der Waals surface area (Å²) in [5.41, 5.74) is 0.233. The van der Waals surface area contributed by atoms with Crippen LogP contribution in [0.5, 0.6) is 0 Å². The predicted molar refractivity (Wildman–Crippen MR) is 136 cm³/mol. The van der Waals surface area contributed by atoms with Crippen LogP contribution in [0.15, 0.2) is 26.7 Å². The standard InChI is InChI=1S/C20H36N4O3S2.HI/c1-4-21-19(23-17-20(10-6-7-11-20)12-15-27-5-2)22-13-14-24(3)29(25,26)18-9-8-16-28-18;/h8-9,16H,4-7,10-15,17H2,1-3H3,(H2,21,22,23);1H. The van der Waals surface area contributed by atoms with Crippen LogP contribution in [0.4, 0.5) is 0 Å². The van der Waals surface area contributed by atoms with E-state index >= 15 is 0 Å². The Kier molecular flexibility index (Phi) is 12.8. The van der Waals surface area contributed by atoms with Crippen molar-refractivity contribution in [2.24, 2.45) is 10.4 Å². The SMILES string of the molecule is CCNC(=NCC1(CCOCC)CCCC1)NCCN(C)S(=O)(=O)c1cccs1.I. The lowest BCUT2D eigenvalue weighted by Gasteiger charge is -2.27. The molecule has 1 fully saturated rings. The molecule has 1 aliphatic rings. The number of nitrogens with zero attached hydrogens (tertiary/aromatic N) is 2. The maximum absolute atomic E-state index is 12.5. The molecule has 2 N–H and O–H groups in total. The molecule has 0 aromatic carbocycles. The molecule has 1 heterocycles. The zero-order valence-electron chi connectivity index (χ0n) is 18.4. The van der Waals surface area contributed by atoms with Gasteiger partial charge in [-0.1, -0.05) is 18.9 Å². The first-order valence-corrected chi connectivity index (χ1v) is 12.9. The fourth-order valence-corrected chi connectivity index (χ4v) is 6.02. The summed E-state index contributed by atoms with van der Waals surface area (Å²) in [4.78, 5) is 4.83. The molecule has 0 saturated heterocycles. The number of hydrogen-bond acceptors (Lipinski definition) is 5. The summed E-state index contributed by atoms with van der Waals surface area (Å²) in [7, 11) is -1.80. The van der Waals surface area contributed by atoms with Crippen molar-refractivity contribution >= 4 is 51.3 Å². The number of nitrogens with one attached hydrogen (secondary N) is 2. The van der Waals surface area contributed by atoms with E-state index < -0.39 is 10.0 Å². The summed E-state index contributed by atoms with van der Waals surface area (Å²) >= 11 is 1.24. The first-order valence-electron chi connectivity index (χ1n) is 10.5. The van der Waals surface area contributed by atoms with Crippen molar-refractivity contribution in [3.05, 3.63) is 17.5 Å². The number of guanidine groups is 1. The molecule has 0 bridgehead atoms. The Labute approximate surface area is 203 Å². The second-order valence-corrected chi connectivity index (χ2v) is 10.8. The van der Waals surface area contributed by atoms with Crippen LogP contribution in [0.25, 0.3) is 0 Å². The molecule has 0 unspecified atom stereocenters. The van der Waals surface area contributed by atoms with Crippen LogP contribution in [0.2, 0.25) is 0 Å². The summed E-state index contributed by atoms with van der Waals surface area (Å²) in [5, 5.41) is 8.33. The van der Waals surface area contributed by atoms with E-state index in [0.717, 1.165) is 38.7 Å². The average molecular weight is 573 g/mol. The second-order valence-electron chi connectivity index (χ2n) is 7.53. The smallest absolute Gasteiger partial charge is 0.252 e. The lowest BCUT2D eigenvalue weighted by molar-refractivity contribution is 0.107. The minimum atomic E-state index is -3.42. The third-order valence-electron chi connectivity index (χ3n) is 5.44. The van der Waals surface area contributed by atoms with E-state index in [1.807, 2.05) is 13.8 Å². The first-order chi connectivity index (χ1) is 13.9. The fourth-order valence-electron chi connectivity index (χ4n) is 3.65. The zero-order valence-corrected chi connectivity index (χ0v) is 22.3. The van der Waals surface area contributed by atoms with Gasteiger partial charge in [-0.15, -0.1) is 35.3 Å². The molecular formula is C20H37IN4O3S2. The van der Waals surface area contributed by atoms with Gasteiger partial charge in [0.15, 0.2) is 5.96 Å². The maximum Gasteiger partial charge on any atom is 0.252 e. The molecular weight excluding hydrogens is 535 g/mol. The monoisotopic (exact) mass is 572 g/mol. The Morgan fingerprint density at radius 2 is 2.03 bits per heavy atom. The zero-order chi connectivity index (χ0) is 21.2. The number of rotatable bonds is 12. The summed E-state index contributed by atoms with van der Waals surface area (Å²) < 4.78 is 32.4. The normalized spacial score (nSPS) is 16.5. The van der Waals surface area contributed by atoms with Gasteiger partial charge in [0.25, 0.3) is 10.0 Å². The van der Waals surface area contributed by atoms with E-state index in [-0.39, 0.29) is 29.4 Å². The van der Waals surface area contributed by atoms with Gasteiger partial charge in [0, 0.05) is 46.4 Å². The highest BCUT2D eigenvalue weighted by atomic mass is 127. The Hall–Kier alpha value is -0.430. The number of halogens is 1. The van der Waals surface area contributed by atoms with Gasteiger partial charge >= 0.3 is 0 Å². The van der Waals surface area contributed by atoms with E-state index in [2.05, 4.69) is 10.6 Å². The largest absolute Gasteiger partial charge is 0.382 e. The number of ether oxygens (including phenoxy) is 1. The lowest BCUT2D eigenvalue weighted by Crippen LogP contribution is -2.42. The van der Waals surface area contributed by atoms with Gasteiger partial charge in [-0.2, -0.15) is 4.31 Å². The minimum Gasteiger partial charge on any atom is -0.382 e. The summed E-state index contributed by atoms with van der Waals surface area (Å²) in [6.45, 7) is 8.03. The number of sulfonamides is 1. The quantitative estimate of drug-likeness (QED) is 0.173. The van der Waals surface area contributed by atoms with Crippen LogP contribution < -0.4 is 10.6 Å². The van der Waals surface area contributed by atoms with Crippen LogP contribution in [0, 0.1) is 5.41 Å². The molecule has 30 heavy (non-hydrogen) atoms. The van der Waals surface area contributed by atoms with Crippen molar-refractivity contribution in [1.82, 2.24) is 14.9 Å². The number of hydrogen-bond donors (Lipinski definition) is 2. The van der Waals surface area contributed by atoms with E-state index in [9.17, 15) is 8.42 Å². The first kappa shape index (κ1) is 27.6. The molecule has 10 heteroatoms. The van der Waals surface area contributed by atoms with Crippen LogP contribution in [-0.4, -0.2) is 65.1 Å². The third-order valence-corrected chi connectivity index (χ3v) is 8.67. The van der Waals surface area contributed by atoms with Crippen molar-refractivity contribution in [1.29, 1.82) is 0 Å². The van der Waals surface area contributed by atoms with Crippen molar-refractivity contribution in [2.45, 2.75) is 50.2 Å². The second kappa shape index (κ2) is 13.9. The van der Waals surface area contributed by atoms with Gasteiger partial charge in [0.1, 0.15) is 4.21 Å². The molecule has 0 spiro atoms. The van der Waals surface area contributed by atoms with Gasteiger partial charge in [-0.25, -0.2) is 8.42 Å². The highest BCUT2D eigenvalue weighted by Gasteiger charge is 2.33. The molecule has 1 aromatic rings. The Bertz CT molecular complexity index is 720. The highest BCUT2D eigenvalue weighted by Crippen LogP contribution is 2.41. The van der Waals surface area contributed by atoms with Gasteiger partial charge in [-0.3, -0.25) is 4.99 Å². The van der Waals surface area contributed by atoms with Crippen LogP contribution >= 0.6 is 35.3 Å². The lowest BCUT2D eigenvalue weighted by atomic mass is 9.83. The Morgan fingerprint density at radius 3 is 2.63 bits per heavy atom. The molecule has 7 nitrogen and oxygen atoms in total. The molecule has 2 rings (SSSR count). The fraction of sp³-hybridized carbons (Fsp3) is 0.750. The van der Waals surface area contributed by atoms with Gasteiger partial charge in [0.05, 0.1) is 0 Å². The Morgan fingerprint density at radius 1 is 1.30 bits per heavy atom. The Balaban J connectivity index is 0.00000450. The van der Waals surface area contributed by atoms with Crippen LogP contribution in [0.1, 0.15) is 46.0 Å². The molecule has 0 radical (unpaired) electrons. The average Bonchev–Trinajstić information content (AvgIpc) is 3.39. The van der Waals surface area contributed by atoms with E-state index in [1.54, 1.807) is 24.6 Å². The van der Waals surface area contributed by atoms with Crippen LogP contribution in [-0.2, 0) is 14.8 Å². The van der Waals surface area contributed by atoms with Gasteiger partial charge in [-0.05, 0) is 50.0 Å².